The molecule has 2 heterocycles. The molecule has 0 saturated carbocycles. The normalized spacial score (nSPS) is 19.6. The fourth-order valence-electron chi connectivity index (χ4n) is 2.48. The van der Waals surface area contributed by atoms with Gasteiger partial charge in [0.15, 0.2) is 0 Å². The van der Waals surface area contributed by atoms with E-state index in [-0.39, 0.29) is 0 Å². The van der Waals surface area contributed by atoms with Crippen molar-refractivity contribution in [3.8, 4) is 0 Å². The van der Waals surface area contributed by atoms with Crippen LogP contribution in [0.2, 0.25) is 0 Å². The molecule has 0 bridgehead atoms. The molecular weight excluding hydrogens is 224 g/mol. The first-order valence-electron chi connectivity index (χ1n) is 6.88. The zero-order valence-electron chi connectivity index (χ0n) is 11.7. The van der Waals surface area contributed by atoms with Crippen molar-refractivity contribution in [1.29, 1.82) is 0 Å². The Morgan fingerprint density at radius 1 is 1.28 bits per heavy atom. The number of aromatic nitrogens is 2. The van der Waals surface area contributed by atoms with E-state index < -0.39 is 0 Å². The minimum Gasteiger partial charge on any atom is -0.384 e. The maximum atomic E-state index is 5.86. The van der Waals surface area contributed by atoms with Gasteiger partial charge in [-0.1, -0.05) is 20.8 Å². The molecule has 0 aliphatic carbocycles. The second-order valence-electron chi connectivity index (χ2n) is 5.93. The molecule has 100 valence electrons. The van der Waals surface area contributed by atoms with Crippen LogP contribution in [0, 0.1) is 5.41 Å². The molecule has 18 heavy (non-hydrogen) atoms. The van der Waals surface area contributed by atoms with Crippen molar-refractivity contribution >= 4 is 11.6 Å². The van der Waals surface area contributed by atoms with E-state index in [4.69, 9.17) is 5.73 Å². The Labute approximate surface area is 110 Å². The SMILES string of the molecule is CCc1nc(N)cc(N2CCCC(C)(C)CC2)n1. The summed E-state index contributed by atoms with van der Waals surface area (Å²) in [5, 5.41) is 0. The summed E-state index contributed by atoms with van der Waals surface area (Å²) in [5.74, 6) is 2.42. The topological polar surface area (TPSA) is 55.0 Å². The first-order chi connectivity index (χ1) is 8.50. The van der Waals surface area contributed by atoms with Crippen LogP contribution in [0.25, 0.3) is 0 Å². The van der Waals surface area contributed by atoms with Crippen molar-refractivity contribution in [2.45, 2.75) is 46.5 Å². The number of hydrogen-bond donors (Lipinski definition) is 1. The predicted octanol–water partition coefficient (Wildman–Crippen LogP) is 2.64. The Kier molecular flexibility index (Phi) is 3.73. The van der Waals surface area contributed by atoms with Crippen molar-refractivity contribution in [3.63, 3.8) is 0 Å². The fourth-order valence-corrected chi connectivity index (χ4v) is 2.48. The highest BCUT2D eigenvalue weighted by molar-refractivity contribution is 5.47. The van der Waals surface area contributed by atoms with Gasteiger partial charge in [-0.3, -0.25) is 0 Å². The standard InChI is InChI=1S/C14H24N4/c1-4-12-16-11(15)10-13(17-12)18-8-5-6-14(2,3)7-9-18/h10H,4-9H2,1-3H3,(H2,15,16,17). The first kappa shape index (κ1) is 13.1. The van der Waals surface area contributed by atoms with Crippen LogP contribution >= 0.6 is 0 Å². The maximum Gasteiger partial charge on any atom is 0.134 e. The molecule has 4 nitrogen and oxygen atoms in total. The molecule has 2 rings (SSSR count). The van der Waals surface area contributed by atoms with Crippen LogP contribution in [0.3, 0.4) is 0 Å². The number of hydrogen-bond acceptors (Lipinski definition) is 4. The third kappa shape index (κ3) is 3.12. The lowest BCUT2D eigenvalue weighted by atomic mass is 9.85. The molecule has 1 aromatic rings. The van der Waals surface area contributed by atoms with Crippen LogP contribution in [0.1, 0.15) is 45.9 Å². The Hall–Kier alpha value is -1.32. The molecular formula is C14H24N4. The Bertz CT molecular complexity index is 414. The molecule has 0 spiro atoms. The van der Waals surface area contributed by atoms with E-state index >= 15 is 0 Å². The third-order valence-corrected chi connectivity index (χ3v) is 3.76. The zero-order chi connectivity index (χ0) is 13.2. The molecule has 0 atom stereocenters. The van der Waals surface area contributed by atoms with Gasteiger partial charge < -0.3 is 10.6 Å². The van der Waals surface area contributed by atoms with E-state index in [1.165, 1.54) is 19.3 Å². The number of anilines is 2. The minimum atomic E-state index is 0.445. The van der Waals surface area contributed by atoms with Crippen molar-refractivity contribution in [2.75, 3.05) is 23.7 Å². The van der Waals surface area contributed by atoms with E-state index in [9.17, 15) is 0 Å². The maximum absolute atomic E-state index is 5.86. The number of aryl methyl sites for hydroxylation is 1. The predicted molar refractivity (Wildman–Crippen MR) is 75.7 cm³/mol. The van der Waals surface area contributed by atoms with Gasteiger partial charge in [-0.15, -0.1) is 0 Å². The van der Waals surface area contributed by atoms with Crippen molar-refractivity contribution < 1.29 is 0 Å². The van der Waals surface area contributed by atoms with Crippen molar-refractivity contribution in [3.05, 3.63) is 11.9 Å². The Morgan fingerprint density at radius 3 is 2.78 bits per heavy atom. The third-order valence-electron chi connectivity index (χ3n) is 3.76. The summed E-state index contributed by atoms with van der Waals surface area (Å²) in [6, 6.07) is 1.90. The van der Waals surface area contributed by atoms with Gasteiger partial charge in [0.2, 0.25) is 0 Å². The highest BCUT2D eigenvalue weighted by Crippen LogP contribution is 2.31. The summed E-state index contributed by atoms with van der Waals surface area (Å²) in [4.78, 5) is 11.2. The summed E-state index contributed by atoms with van der Waals surface area (Å²) in [6.45, 7) is 8.89. The lowest BCUT2D eigenvalue weighted by Crippen LogP contribution is -2.26. The van der Waals surface area contributed by atoms with Crippen LogP contribution in [0.15, 0.2) is 6.07 Å². The van der Waals surface area contributed by atoms with Gasteiger partial charge in [0.05, 0.1) is 0 Å². The average Bonchev–Trinajstić information content (AvgIpc) is 2.49. The quantitative estimate of drug-likeness (QED) is 0.874. The Balaban J connectivity index is 2.18. The van der Waals surface area contributed by atoms with E-state index in [1.807, 2.05) is 6.07 Å². The highest BCUT2D eigenvalue weighted by atomic mass is 15.2. The molecule has 1 saturated heterocycles. The van der Waals surface area contributed by atoms with E-state index in [2.05, 4.69) is 35.6 Å². The zero-order valence-corrected chi connectivity index (χ0v) is 11.7. The van der Waals surface area contributed by atoms with Gasteiger partial charge in [0, 0.05) is 25.6 Å². The van der Waals surface area contributed by atoms with Crippen molar-refractivity contribution in [1.82, 2.24) is 9.97 Å². The van der Waals surface area contributed by atoms with Gasteiger partial charge in [0.1, 0.15) is 17.5 Å². The van der Waals surface area contributed by atoms with Gasteiger partial charge in [0.25, 0.3) is 0 Å². The molecule has 1 aliphatic heterocycles. The molecule has 0 amide bonds. The summed E-state index contributed by atoms with van der Waals surface area (Å²) in [6.07, 6.45) is 4.54. The van der Waals surface area contributed by atoms with Gasteiger partial charge in [-0.2, -0.15) is 0 Å². The number of nitrogens with zero attached hydrogens (tertiary/aromatic N) is 3. The monoisotopic (exact) mass is 248 g/mol. The van der Waals surface area contributed by atoms with Gasteiger partial charge >= 0.3 is 0 Å². The van der Waals surface area contributed by atoms with Gasteiger partial charge in [-0.05, 0) is 24.7 Å². The lowest BCUT2D eigenvalue weighted by molar-refractivity contribution is 0.325. The number of rotatable bonds is 2. The highest BCUT2D eigenvalue weighted by Gasteiger charge is 2.23. The lowest BCUT2D eigenvalue weighted by Gasteiger charge is -2.24. The number of nitrogen functional groups attached to an aromatic ring is 1. The van der Waals surface area contributed by atoms with Crippen LogP contribution in [-0.4, -0.2) is 23.1 Å². The van der Waals surface area contributed by atoms with Crippen LogP contribution < -0.4 is 10.6 Å². The van der Waals surface area contributed by atoms with Crippen LogP contribution in [-0.2, 0) is 6.42 Å². The Morgan fingerprint density at radius 2 is 2.06 bits per heavy atom. The molecule has 1 fully saturated rings. The summed E-state index contributed by atoms with van der Waals surface area (Å²) in [5.41, 5.74) is 6.30. The van der Waals surface area contributed by atoms with Crippen molar-refractivity contribution in [2.24, 2.45) is 5.41 Å². The summed E-state index contributed by atoms with van der Waals surface area (Å²) in [7, 11) is 0. The largest absolute Gasteiger partial charge is 0.384 e. The molecule has 0 aromatic carbocycles. The molecule has 2 N–H and O–H groups in total. The first-order valence-corrected chi connectivity index (χ1v) is 6.88. The second kappa shape index (κ2) is 5.12. The number of nitrogens with two attached hydrogens (primary N) is 1. The average molecular weight is 248 g/mol. The molecule has 1 aromatic heterocycles. The molecule has 0 unspecified atom stereocenters. The van der Waals surface area contributed by atoms with E-state index in [0.717, 1.165) is 31.2 Å². The van der Waals surface area contributed by atoms with Gasteiger partial charge in [-0.25, -0.2) is 9.97 Å². The fraction of sp³-hybridized carbons (Fsp3) is 0.714. The van der Waals surface area contributed by atoms with E-state index in [1.54, 1.807) is 0 Å². The minimum absolute atomic E-state index is 0.445. The smallest absolute Gasteiger partial charge is 0.134 e. The van der Waals surface area contributed by atoms with Crippen LogP contribution in [0.5, 0.6) is 0 Å². The summed E-state index contributed by atoms with van der Waals surface area (Å²) < 4.78 is 0. The second-order valence-corrected chi connectivity index (χ2v) is 5.93. The summed E-state index contributed by atoms with van der Waals surface area (Å²) >= 11 is 0. The van der Waals surface area contributed by atoms with Crippen LogP contribution in [0.4, 0.5) is 11.6 Å². The molecule has 4 heteroatoms. The molecule has 1 aliphatic rings. The van der Waals surface area contributed by atoms with E-state index in [0.29, 0.717) is 11.2 Å². The molecule has 0 radical (unpaired) electrons.